The third kappa shape index (κ3) is 2.90. The van der Waals surface area contributed by atoms with Crippen LogP contribution in [0.15, 0.2) is 28.9 Å². The van der Waals surface area contributed by atoms with Crippen molar-refractivity contribution in [2.75, 3.05) is 5.73 Å². The van der Waals surface area contributed by atoms with Crippen molar-refractivity contribution in [1.82, 2.24) is 15.6 Å². The van der Waals surface area contributed by atoms with Crippen LogP contribution in [0.1, 0.15) is 41.5 Å². The number of hydrogen-bond acceptors (Lipinski definition) is 5. The molecule has 0 aliphatic heterocycles. The number of nitrogen functional groups attached to an aromatic ring is 1. The summed E-state index contributed by atoms with van der Waals surface area (Å²) in [5.74, 6) is -0.406. The fraction of sp³-hybridized carbons (Fsp3) is 0.308. The molecule has 0 radical (unpaired) electrons. The maximum atomic E-state index is 11.9. The minimum Gasteiger partial charge on any atom is -0.379 e. The van der Waals surface area contributed by atoms with Gasteiger partial charge in [-0.05, 0) is 34.8 Å². The van der Waals surface area contributed by atoms with Crippen LogP contribution in [0.4, 0.5) is 5.82 Å². The number of rotatable bonds is 4. The van der Waals surface area contributed by atoms with Crippen molar-refractivity contribution in [3.05, 3.63) is 41.1 Å². The van der Waals surface area contributed by atoms with Crippen LogP contribution < -0.4 is 11.1 Å². The van der Waals surface area contributed by atoms with E-state index in [9.17, 15) is 4.79 Å². The summed E-state index contributed by atoms with van der Waals surface area (Å²) in [6, 6.07) is 7.94. The first kappa shape index (κ1) is 13.1. The van der Waals surface area contributed by atoms with Crippen molar-refractivity contribution in [2.24, 2.45) is 0 Å². The largest absolute Gasteiger partial charge is 0.379 e. The quantitative estimate of drug-likeness (QED) is 0.872. The van der Waals surface area contributed by atoms with Gasteiger partial charge >= 0.3 is 0 Å². The van der Waals surface area contributed by atoms with E-state index in [0.717, 1.165) is 12.0 Å². The first-order chi connectivity index (χ1) is 9.11. The van der Waals surface area contributed by atoms with E-state index in [1.807, 2.05) is 31.2 Å². The van der Waals surface area contributed by atoms with Crippen LogP contribution in [-0.2, 0) is 6.42 Å². The number of carbonyl (C=O) groups is 1. The highest BCUT2D eigenvalue weighted by molar-refractivity contribution is 5.96. The van der Waals surface area contributed by atoms with Gasteiger partial charge in [0.2, 0.25) is 11.5 Å². The number of nitrogens with zero attached hydrogens (tertiary/aromatic N) is 2. The van der Waals surface area contributed by atoms with Crippen LogP contribution in [0.3, 0.4) is 0 Å². The van der Waals surface area contributed by atoms with Gasteiger partial charge in [0.1, 0.15) is 0 Å². The van der Waals surface area contributed by atoms with E-state index >= 15 is 0 Å². The smallest absolute Gasteiger partial charge is 0.277 e. The predicted molar refractivity (Wildman–Crippen MR) is 70.4 cm³/mol. The molecule has 2 aromatic rings. The van der Waals surface area contributed by atoms with Crippen molar-refractivity contribution in [1.29, 1.82) is 0 Å². The minimum atomic E-state index is -0.397. The molecule has 3 N–H and O–H groups in total. The van der Waals surface area contributed by atoms with Crippen LogP contribution in [0, 0.1) is 0 Å². The lowest BCUT2D eigenvalue weighted by molar-refractivity contribution is 0.0930. The van der Waals surface area contributed by atoms with Crippen LogP contribution in [0.2, 0.25) is 0 Å². The van der Waals surface area contributed by atoms with Gasteiger partial charge in [-0.3, -0.25) is 4.79 Å². The summed E-state index contributed by atoms with van der Waals surface area (Å²) in [7, 11) is 0. The van der Waals surface area contributed by atoms with Gasteiger partial charge in [-0.1, -0.05) is 31.2 Å². The molecule has 0 spiro atoms. The molecule has 1 atom stereocenters. The maximum Gasteiger partial charge on any atom is 0.277 e. The molecule has 1 heterocycles. The number of benzene rings is 1. The van der Waals surface area contributed by atoms with Gasteiger partial charge in [0.25, 0.3) is 5.91 Å². The molecule has 0 saturated heterocycles. The highest BCUT2D eigenvalue weighted by Gasteiger charge is 2.18. The second-order valence-electron chi connectivity index (χ2n) is 4.29. The van der Waals surface area contributed by atoms with Crippen LogP contribution in [-0.4, -0.2) is 16.2 Å². The minimum absolute atomic E-state index is 0.00830. The molecule has 0 bridgehead atoms. The Morgan fingerprint density at radius 1 is 1.37 bits per heavy atom. The van der Waals surface area contributed by atoms with Gasteiger partial charge in [0.05, 0.1) is 6.04 Å². The molecule has 0 aliphatic rings. The zero-order valence-corrected chi connectivity index (χ0v) is 10.9. The molecule has 1 unspecified atom stereocenters. The van der Waals surface area contributed by atoms with E-state index in [1.54, 1.807) is 0 Å². The number of nitrogens with two attached hydrogens (primary N) is 1. The van der Waals surface area contributed by atoms with Gasteiger partial charge in [0, 0.05) is 0 Å². The normalized spacial score (nSPS) is 12.1. The summed E-state index contributed by atoms with van der Waals surface area (Å²) >= 11 is 0. The van der Waals surface area contributed by atoms with E-state index in [-0.39, 0.29) is 17.6 Å². The first-order valence-corrected chi connectivity index (χ1v) is 6.09. The molecule has 1 aromatic heterocycles. The number of nitrogens with one attached hydrogen (secondary N) is 1. The summed E-state index contributed by atoms with van der Waals surface area (Å²) in [5.41, 5.74) is 7.75. The predicted octanol–water partition coefficient (Wildman–Crippen LogP) is 1.71. The maximum absolute atomic E-state index is 11.9. The van der Waals surface area contributed by atoms with E-state index < -0.39 is 5.91 Å². The second kappa shape index (κ2) is 5.51. The summed E-state index contributed by atoms with van der Waals surface area (Å²) in [4.78, 5) is 11.9. The molecule has 0 aliphatic carbocycles. The highest BCUT2D eigenvalue weighted by atomic mass is 16.6. The van der Waals surface area contributed by atoms with Crippen molar-refractivity contribution in [3.8, 4) is 0 Å². The Kier molecular flexibility index (Phi) is 3.79. The molecule has 6 nitrogen and oxygen atoms in total. The molecular formula is C13H16N4O2. The third-order valence-electron chi connectivity index (χ3n) is 2.96. The van der Waals surface area contributed by atoms with Crippen molar-refractivity contribution in [2.45, 2.75) is 26.3 Å². The van der Waals surface area contributed by atoms with E-state index in [4.69, 9.17) is 5.73 Å². The van der Waals surface area contributed by atoms with Crippen molar-refractivity contribution >= 4 is 11.7 Å². The van der Waals surface area contributed by atoms with Gasteiger partial charge in [-0.15, -0.1) is 0 Å². The molecule has 1 amide bonds. The van der Waals surface area contributed by atoms with E-state index in [0.29, 0.717) is 0 Å². The number of carbonyl (C=O) groups excluding carboxylic acids is 1. The third-order valence-corrected chi connectivity index (χ3v) is 2.96. The molecule has 0 saturated carbocycles. The second-order valence-corrected chi connectivity index (χ2v) is 4.29. The standard InChI is InChI=1S/C13H16N4O2/c1-3-9-4-6-10(7-5-9)8(2)15-13(18)11-12(14)17-19-16-11/h4-8H,3H2,1-2H3,(H2,14,17)(H,15,18). The van der Waals surface area contributed by atoms with Crippen molar-refractivity contribution < 1.29 is 9.42 Å². The SMILES string of the molecule is CCc1ccc(C(C)NC(=O)c2nonc2N)cc1. The molecule has 1 aromatic carbocycles. The summed E-state index contributed by atoms with van der Waals surface area (Å²) in [6.45, 7) is 3.99. The number of anilines is 1. The van der Waals surface area contributed by atoms with Crippen LogP contribution in [0.25, 0.3) is 0 Å². The number of aryl methyl sites for hydroxylation is 1. The molecule has 100 valence electrons. The zero-order chi connectivity index (χ0) is 13.8. The van der Waals surface area contributed by atoms with Gasteiger partial charge in [-0.2, -0.15) is 0 Å². The van der Waals surface area contributed by atoms with Crippen LogP contribution in [0.5, 0.6) is 0 Å². The Labute approximate surface area is 111 Å². The number of aromatic nitrogens is 2. The summed E-state index contributed by atoms with van der Waals surface area (Å²) in [5, 5.41) is 9.63. The Balaban J connectivity index is 2.06. The lowest BCUT2D eigenvalue weighted by Crippen LogP contribution is -2.27. The summed E-state index contributed by atoms with van der Waals surface area (Å²) < 4.78 is 4.40. The first-order valence-electron chi connectivity index (χ1n) is 6.09. The highest BCUT2D eigenvalue weighted by Crippen LogP contribution is 2.15. The Bertz CT molecular complexity index is 562. The Hall–Kier alpha value is -2.37. The van der Waals surface area contributed by atoms with Gasteiger partial charge in [-0.25, -0.2) is 4.63 Å². The summed E-state index contributed by atoms with van der Waals surface area (Å²) in [6.07, 6.45) is 0.988. The lowest BCUT2D eigenvalue weighted by Gasteiger charge is -2.13. The number of amides is 1. The van der Waals surface area contributed by atoms with Gasteiger partial charge < -0.3 is 11.1 Å². The van der Waals surface area contributed by atoms with E-state index in [2.05, 4.69) is 27.2 Å². The van der Waals surface area contributed by atoms with Crippen LogP contribution >= 0.6 is 0 Å². The Morgan fingerprint density at radius 3 is 2.58 bits per heavy atom. The Morgan fingerprint density at radius 2 is 2.05 bits per heavy atom. The zero-order valence-electron chi connectivity index (χ0n) is 10.9. The average Bonchev–Trinajstić information content (AvgIpc) is 2.85. The molecular weight excluding hydrogens is 244 g/mol. The molecule has 0 fully saturated rings. The topological polar surface area (TPSA) is 94.0 Å². The van der Waals surface area contributed by atoms with Gasteiger partial charge in [0.15, 0.2) is 0 Å². The molecule has 2 rings (SSSR count). The fourth-order valence-electron chi connectivity index (χ4n) is 1.74. The average molecular weight is 260 g/mol. The molecule has 6 heteroatoms. The molecule has 19 heavy (non-hydrogen) atoms. The fourth-order valence-corrected chi connectivity index (χ4v) is 1.74. The monoisotopic (exact) mass is 260 g/mol. The van der Waals surface area contributed by atoms with Crippen molar-refractivity contribution in [3.63, 3.8) is 0 Å². The van der Waals surface area contributed by atoms with E-state index in [1.165, 1.54) is 5.56 Å². The number of hydrogen-bond donors (Lipinski definition) is 2. The lowest BCUT2D eigenvalue weighted by atomic mass is 10.0.